The summed E-state index contributed by atoms with van der Waals surface area (Å²) in [7, 11) is 0. The molecule has 0 aliphatic heterocycles. The van der Waals surface area contributed by atoms with Gasteiger partial charge >= 0.3 is 0 Å². The zero-order chi connectivity index (χ0) is 27.6. The third kappa shape index (κ3) is 5.13. The van der Waals surface area contributed by atoms with E-state index < -0.39 is 0 Å². The molecule has 0 bridgehead atoms. The number of hydrogen-bond donors (Lipinski definition) is 0. The number of pyridine rings is 2. The lowest BCUT2D eigenvalue weighted by molar-refractivity contribution is 1.07. The van der Waals surface area contributed by atoms with Gasteiger partial charge in [-0.2, -0.15) is 0 Å². The highest BCUT2D eigenvalue weighted by molar-refractivity contribution is 9.10. The van der Waals surface area contributed by atoms with E-state index in [-0.39, 0.29) is 0 Å². The highest BCUT2D eigenvalue weighted by atomic mass is 79.9. The largest absolute Gasteiger partial charge is 0.264 e. The van der Waals surface area contributed by atoms with E-state index in [4.69, 9.17) is 15.0 Å². The minimum absolute atomic E-state index is 0.603. The molecule has 0 N–H and O–H groups in total. The SMILES string of the molecule is Brc1cc(-c2nc(-c3ccccc3)nc(-c3ccc(-c4cccnc4)cc3)n2)cc(-c2cccc3ncccc23)c1. The molecule has 0 saturated heterocycles. The first-order chi connectivity index (χ1) is 20.2. The van der Waals surface area contributed by atoms with Crippen molar-refractivity contribution in [1.29, 1.82) is 0 Å². The third-order valence-corrected chi connectivity index (χ3v) is 7.38. The fraction of sp³-hybridized carbons (Fsp3) is 0. The Morgan fingerprint density at radius 2 is 1.12 bits per heavy atom. The molecule has 0 saturated carbocycles. The van der Waals surface area contributed by atoms with Crippen molar-refractivity contribution in [3.05, 3.63) is 138 Å². The van der Waals surface area contributed by atoms with Gasteiger partial charge in [-0.1, -0.05) is 94.8 Å². The van der Waals surface area contributed by atoms with Gasteiger partial charge in [0.25, 0.3) is 0 Å². The molecule has 7 aromatic rings. The second-order valence-electron chi connectivity index (χ2n) is 9.60. The van der Waals surface area contributed by atoms with Gasteiger partial charge in [0.2, 0.25) is 0 Å². The van der Waals surface area contributed by atoms with Crippen LogP contribution in [0.25, 0.3) is 67.3 Å². The van der Waals surface area contributed by atoms with Gasteiger partial charge in [-0.05, 0) is 58.7 Å². The summed E-state index contributed by atoms with van der Waals surface area (Å²) < 4.78 is 0.940. The van der Waals surface area contributed by atoms with Crippen LogP contribution in [-0.2, 0) is 0 Å². The van der Waals surface area contributed by atoms with E-state index in [0.29, 0.717) is 17.5 Å². The van der Waals surface area contributed by atoms with Crippen molar-refractivity contribution in [1.82, 2.24) is 24.9 Å². The quantitative estimate of drug-likeness (QED) is 0.200. The van der Waals surface area contributed by atoms with Crippen LogP contribution in [0, 0.1) is 0 Å². The molecule has 0 atom stereocenters. The molecule has 0 fully saturated rings. The third-order valence-electron chi connectivity index (χ3n) is 6.92. The van der Waals surface area contributed by atoms with Crippen LogP contribution in [0.15, 0.2) is 138 Å². The molecule has 194 valence electrons. The number of nitrogens with zero attached hydrogens (tertiary/aromatic N) is 5. The fourth-order valence-corrected chi connectivity index (χ4v) is 5.42. The minimum atomic E-state index is 0.603. The van der Waals surface area contributed by atoms with Crippen LogP contribution in [-0.4, -0.2) is 24.9 Å². The monoisotopic (exact) mass is 591 g/mol. The van der Waals surface area contributed by atoms with Gasteiger partial charge in [0, 0.05) is 45.1 Å². The molecule has 0 amide bonds. The molecule has 3 heterocycles. The maximum atomic E-state index is 4.97. The molecule has 4 aromatic carbocycles. The van der Waals surface area contributed by atoms with Crippen molar-refractivity contribution in [2.24, 2.45) is 0 Å². The van der Waals surface area contributed by atoms with Gasteiger partial charge in [-0.25, -0.2) is 15.0 Å². The van der Waals surface area contributed by atoms with E-state index in [1.165, 1.54) is 0 Å². The van der Waals surface area contributed by atoms with E-state index in [1.807, 2.05) is 91.3 Å². The Hall–Kier alpha value is -5.07. The lowest BCUT2D eigenvalue weighted by Gasteiger charge is -2.12. The molecule has 0 unspecified atom stereocenters. The molecular formula is C35H22BrN5. The van der Waals surface area contributed by atoms with E-state index >= 15 is 0 Å². The maximum absolute atomic E-state index is 4.97. The lowest BCUT2D eigenvalue weighted by atomic mass is 9.98. The van der Waals surface area contributed by atoms with Crippen LogP contribution in [0.4, 0.5) is 0 Å². The highest BCUT2D eigenvalue weighted by Gasteiger charge is 2.15. The van der Waals surface area contributed by atoms with E-state index in [9.17, 15) is 0 Å². The van der Waals surface area contributed by atoms with Crippen LogP contribution in [0.2, 0.25) is 0 Å². The number of hydrogen-bond acceptors (Lipinski definition) is 5. The van der Waals surface area contributed by atoms with Gasteiger partial charge < -0.3 is 0 Å². The zero-order valence-electron chi connectivity index (χ0n) is 21.8. The number of aromatic nitrogens is 5. The molecule has 0 spiro atoms. The van der Waals surface area contributed by atoms with Crippen LogP contribution in [0.5, 0.6) is 0 Å². The lowest BCUT2D eigenvalue weighted by Crippen LogP contribution is -2.00. The summed E-state index contributed by atoms with van der Waals surface area (Å²) in [6, 6.07) is 38.8. The van der Waals surface area contributed by atoms with E-state index in [0.717, 1.165) is 54.3 Å². The molecule has 5 nitrogen and oxygen atoms in total. The van der Waals surface area contributed by atoms with Crippen molar-refractivity contribution in [2.75, 3.05) is 0 Å². The summed E-state index contributed by atoms with van der Waals surface area (Å²) in [6.07, 6.45) is 5.46. The summed E-state index contributed by atoms with van der Waals surface area (Å²) in [5, 5.41) is 1.09. The highest BCUT2D eigenvalue weighted by Crippen LogP contribution is 2.34. The van der Waals surface area contributed by atoms with Gasteiger partial charge in [-0.15, -0.1) is 0 Å². The molecule has 7 rings (SSSR count). The zero-order valence-corrected chi connectivity index (χ0v) is 23.4. The first-order valence-electron chi connectivity index (χ1n) is 13.2. The van der Waals surface area contributed by atoms with Crippen molar-refractivity contribution < 1.29 is 0 Å². The Morgan fingerprint density at radius 1 is 0.463 bits per heavy atom. The average molecular weight is 593 g/mol. The first kappa shape index (κ1) is 24.9. The van der Waals surface area contributed by atoms with Crippen molar-refractivity contribution >= 4 is 26.8 Å². The van der Waals surface area contributed by atoms with Crippen LogP contribution >= 0.6 is 15.9 Å². The van der Waals surface area contributed by atoms with Gasteiger partial charge in [0.05, 0.1) is 5.52 Å². The van der Waals surface area contributed by atoms with Crippen LogP contribution < -0.4 is 0 Å². The number of benzene rings is 4. The number of fused-ring (bicyclic) bond motifs is 1. The summed E-state index contributed by atoms with van der Waals surface area (Å²) >= 11 is 3.74. The molecule has 3 aromatic heterocycles. The topological polar surface area (TPSA) is 64.5 Å². The molecule has 6 heteroatoms. The fourth-order valence-electron chi connectivity index (χ4n) is 4.93. The predicted octanol–water partition coefficient (Wildman–Crippen LogP) is 8.91. The molecule has 0 aliphatic rings. The van der Waals surface area contributed by atoms with Crippen LogP contribution in [0.3, 0.4) is 0 Å². The normalized spacial score (nSPS) is 11.0. The maximum Gasteiger partial charge on any atom is 0.164 e. The Labute approximate surface area is 245 Å². The van der Waals surface area contributed by atoms with E-state index in [1.54, 1.807) is 6.20 Å². The summed E-state index contributed by atoms with van der Waals surface area (Å²) in [5.41, 5.74) is 7.98. The summed E-state index contributed by atoms with van der Waals surface area (Å²) in [6.45, 7) is 0. The van der Waals surface area contributed by atoms with Crippen molar-refractivity contribution in [3.8, 4) is 56.4 Å². The Kier molecular flexibility index (Phi) is 6.59. The van der Waals surface area contributed by atoms with Crippen molar-refractivity contribution in [3.63, 3.8) is 0 Å². The summed E-state index contributed by atoms with van der Waals surface area (Å²) in [4.78, 5) is 23.6. The summed E-state index contributed by atoms with van der Waals surface area (Å²) in [5.74, 6) is 1.84. The molecular weight excluding hydrogens is 570 g/mol. The minimum Gasteiger partial charge on any atom is -0.264 e. The second kappa shape index (κ2) is 10.8. The van der Waals surface area contributed by atoms with Gasteiger partial charge in [0.15, 0.2) is 17.5 Å². The molecule has 0 radical (unpaired) electrons. The molecule has 41 heavy (non-hydrogen) atoms. The van der Waals surface area contributed by atoms with Crippen molar-refractivity contribution in [2.45, 2.75) is 0 Å². The van der Waals surface area contributed by atoms with Crippen LogP contribution in [0.1, 0.15) is 0 Å². The number of halogens is 1. The first-order valence-corrected chi connectivity index (χ1v) is 14.0. The standard InChI is InChI=1S/C35H22BrN5/c36-29-20-27(30-10-4-12-32-31(30)11-6-18-38-32)19-28(21-29)35-40-33(24-7-2-1-3-8-24)39-34(41-35)25-15-13-23(14-16-25)26-9-5-17-37-22-26/h1-22H. The average Bonchev–Trinajstić information content (AvgIpc) is 3.05. The number of rotatable bonds is 5. The Bertz CT molecular complexity index is 1990. The molecule has 0 aliphatic carbocycles. The Balaban J connectivity index is 1.37. The van der Waals surface area contributed by atoms with Gasteiger partial charge in [-0.3, -0.25) is 9.97 Å². The Morgan fingerprint density at radius 3 is 1.88 bits per heavy atom. The van der Waals surface area contributed by atoms with E-state index in [2.05, 4.69) is 62.3 Å². The smallest absolute Gasteiger partial charge is 0.164 e. The van der Waals surface area contributed by atoms with Gasteiger partial charge in [0.1, 0.15) is 0 Å². The predicted molar refractivity (Wildman–Crippen MR) is 168 cm³/mol. The second-order valence-corrected chi connectivity index (χ2v) is 10.5.